The van der Waals surface area contributed by atoms with E-state index in [1.54, 1.807) is 7.11 Å². The first-order chi connectivity index (χ1) is 13.9. The average Bonchev–Trinajstić information content (AvgIpc) is 3.06. The summed E-state index contributed by atoms with van der Waals surface area (Å²) < 4.78 is 6.65. The average molecular weight is 457 g/mol. The fourth-order valence-corrected chi connectivity index (χ4v) is 4.74. The second-order valence-corrected chi connectivity index (χ2v) is 9.42. The minimum absolute atomic E-state index is 0.0879. The Labute approximate surface area is 180 Å². The molecule has 0 amide bonds. The Morgan fingerprint density at radius 2 is 2.00 bits per heavy atom. The monoisotopic (exact) mass is 456 g/mol. The second-order valence-electron chi connectivity index (χ2n) is 8.51. The van der Waals surface area contributed by atoms with Crippen molar-refractivity contribution in [3.8, 4) is 0 Å². The van der Waals surface area contributed by atoms with Crippen molar-refractivity contribution < 1.29 is 9.84 Å². The number of aliphatic hydroxyl groups is 1. The number of fused-ring (bicyclic) bond motifs is 3. The molecule has 4 rings (SSSR count). The van der Waals surface area contributed by atoms with E-state index in [1.807, 2.05) is 26.0 Å². The summed E-state index contributed by atoms with van der Waals surface area (Å²) in [5.41, 5.74) is 5.19. The highest BCUT2D eigenvalue weighted by atomic mass is 79.9. The Balaban J connectivity index is 1.62. The van der Waals surface area contributed by atoms with Crippen LogP contribution in [-0.2, 0) is 16.8 Å². The van der Waals surface area contributed by atoms with Crippen molar-refractivity contribution in [1.82, 2.24) is 10.3 Å². The van der Waals surface area contributed by atoms with Gasteiger partial charge in [0.25, 0.3) is 0 Å². The highest BCUT2D eigenvalue weighted by Gasteiger charge is 2.27. The number of aromatic nitrogens is 1. The van der Waals surface area contributed by atoms with Crippen molar-refractivity contribution in [3.05, 3.63) is 69.3 Å². The summed E-state index contributed by atoms with van der Waals surface area (Å²) in [6, 6.07) is 15.0. The third-order valence-corrected chi connectivity index (χ3v) is 6.42. The Morgan fingerprint density at radius 3 is 2.69 bits per heavy atom. The molecule has 0 spiro atoms. The highest BCUT2D eigenvalue weighted by Crippen LogP contribution is 2.37. The van der Waals surface area contributed by atoms with Gasteiger partial charge in [-0.2, -0.15) is 0 Å². The third kappa shape index (κ3) is 4.29. The summed E-state index contributed by atoms with van der Waals surface area (Å²) in [6.07, 6.45) is 3.38. The summed E-state index contributed by atoms with van der Waals surface area (Å²) in [6.45, 7) is 4.22. The van der Waals surface area contributed by atoms with E-state index in [4.69, 9.17) is 4.74 Å². The summed E-state index contributed by atoms with van der Waals surface area (Å²) in [5, 5.41) is 15.4. The quantitative estimate of drug-likeness (QED) is 0.457. The van der Waals surface area contributed by atoms with Crippen molar-refractivity contribution in [3.63, 3.8) is 0 Å². The smallest absolute Gasteiger partial charge is 0.0840 e. The number of aryl methyl sites for hydroxylation is 1. The summed E-state index contributed by atoms with van der Waals surface area (Å²) in [4.78, 5) is 3.66. The van der Waals surface area contributed by atoms with Crippen LogP contribution in [0.2, 0.25) is 0 Å². The van der Waals surface area contributed by atoms with Crippen LogP contribution >= 0.6 is 15.9 Å². The van der Waals surface area contributed by atoms with Crippen molar-refractivity contribution in [2.45, 2.75) is 50.8 Å². The van der Waals surface area contributed by atoms with Gasteiger partial charge in [0.2, 0.25) is 0 Å². The van der Waals surface area contributed by atoms with Crippen LogP contribution in [0.25, 0.3) is 10.9 Å². The molecule has 4 nitrogen and oxygen atoms in total. The van der Waals surface area contributed by atoms with Crippen LogP contribution < -0.4 is 5.32 Å². The molecule has 2 atom stereocenters. The highest BCUT2D eigenvalue weighted by molar-refractivity contribution is 9.10. The summed E-state index contributed by atoms with van der Waals surface area (Å²) in [7, 11) is 1.74. The standard InChI is InChI=1S/C24H29BrN2O2/c1-24(2,28)16-9-7-15(8-10-16)22(14-29-3)26-21-6-4-5-18-19-13-17(25)11-12-20(19)27-23(18)21/h7-13,21-22,26-28H,4-6,14H2,1-3H3. The maximum Gasteiger partial charge on any atom is 0.0840 e. The number of aromatic amines is 1. The molecule has 3 aromatic rings. The first-order valence-corrected chi connectivity index (χ1v) is 11.0. The van der Waals surface area contributed by atoms with Crippen molar-refractivity contribution >= 4 is 26.8 Å². The Kier molecular flexibility index (Phi) is 5.85. The van der Waals surface area contributed by atoms with Gasteiger partial charge in [-0.3, -0.25) is 5.32 Å². The summed E-state index contributed by atoms with van der Waals surface area (Å²) >= 11 is 3.61. The Morgan fingerprint density at radius 1 is 1.24 bits per heavy atom. The number of H-pyrrole nitrogens is 1. The van der Waals surface area contributed by atoms with Gasteiger partial charge in [0, 0.05) is 34.2 Å². The largest absolute Gasteiger partial charge is 0.386 e. The van der Waals surface area contributed by atoms with Crippen LogP contribution in [0.1, 0.15) is 61.2 Å². The van der Waals surface area contributed by atoms with E-state index >= 15 is 0 Å². The molecule has 3 N–H and O–H groups in total. The van der Waals surface area contributed by atoms with Gasteiger partial charge in [-0.05, 0) is 68.0 Å². The maximum atomic E-state index is 10.2. The van der Waals surface area contributed by atoms with Gasteiger partial charge >= 0.3 is 0 Å². The van der Waals surface area contributed by atoms with Crippen LogP contribution in [0.3, 0.4) is 0 Å². The van der Waals surface area contributed by atoms with Crippen molar-refractivity contribution in [1.29, 1.82) is 0 Å². The van der Waals surface area contributed by atoms with Gasteiger partial charge in [0.15, 0.2) is 0 Å². The van der Waals surface area contributed by atoms with Crippen LogP contribution in [0.4, 0.5) is 0 Å². The molecule has 2 aromatic carbocycles. The zero-order valence-corrected chi connectivity index (χ0v) is 18.8. The molecule has 5 heteroatoms. The van der Waals surface area contributed by atoms with Gasteiger partial charge in [0.05, 0.1) is 18.2 Å². The Hall–Kier alpha value is -1.66. The van der Waals surface area contributed by atoms with Gasteiger partial charge in [0.1, 0.15) is 0 Å². The van der Waals surface area contributed by atoms with E-state index in [9.17, 15) is 5.11 Å². The molecule has 1 aromatic heterocycles. The molecule has 0 saturated heterocycles. The zero-order valence-electron chi connectivity index (χ0n) is 17.3. The number of benzene rings is 2. The number of hydrogen-bond acceptors (Lipinski definition) is 3. The molecule has 1 heterocycles. The van der Waals surface area contributed by atoms with E-state index in [1.165, 1.54) is 34.1 Å². The number of halogens is 1. The number of methoxy groups -OCH3 is 1. The molecule has 0 bridgehead atoms. The SMILES string of the molecule is COCC(NC1CCCc2c1[nH]c1ccc(Br)cc21)c1ccc(C(C)(C)O)cc1. The van der Waals surface area contributed by atoms with Crippen LogP contribution in [0.15, 0.2) is 46.9 Å². The van der Waals surface area contributed by atoms with Crippen LogP contribution in [0.5, 0.6) is 0 Å². The summed E-state index contributed by atoms with van der Waals surface area (Å²) in [5.74, 6) is 0. The molecule has 154 valence electrons. The third-order valence-electron chi connectivity index (χ3n) is 5.92. The van der Waals surface area contributed by atoms with Crippen molar-refractivity contribution in [2.75, 3.05) is 13.7 Å². The lowest BCUT2D eigenvalue weighted by Crippen LogP contribution is -2.32. The number of rotatable bonds is 6. The predicted molar refractivity (Wildman–Crippen MR) is 121 cm³/mol. The van der Waals surface area contributed by atoms with Gasteiger partial charge < -0.3 is 14.8 Å². The molecular weight excluding hydrogens is 428 g/mol. The molecule has 0 radical (unpaired) electrons. The fraction of sp³-hybridized carbons (Fsp3) is 0.417. The first kappa shape index (κ1) is 20.6. The topological polar surface area (TPSA) is 57.3 Å². The van der Waals surface area contributed by atoms with E-state index in [2.05, 4.69) is 56.6 Å². The molecule has 0 saturated carbocycles. The molecular formula is C24H29BrN2O2. The second kappa shape index (κ2) is 8.23. The lowest BCUT2D eigenvalue weighted by Gasteiger charge is -2.29. The zero-order chi connectivity index (χ0) is 20.6. The molecule has 0 fully saturated rings. The minimum atomic E-state index is -0.834. The normalized spacial score (nSPS) is 18.0. The van der Waals surface area contributed by atoms with Crippen LogP contribution in [-0.4, -0.2) is 23.8 Å². The van der Waals surface area contributed by atoms with Gasteiger partial charge in [-0.15, -0.1) is 0 Å². The lowest BCUT2D eigenvalue weighted by atomic mass is 9.90. The number of hydrogen-bond donors (Lipinski definition) is 3. The minimum Gasteiger partial charge on any atom is -0.386 e. The fourth-order valence-electron chi connectivity index (χ4n) is 4.37. The van der Waals surface area contributed by atoms with Gasteiger partial charge in [-0.25, -0.2) is 0 Å². The molecule has 1 aliphatic rings. The maximum absolute atomic E-state index is 10.2. The molecule has 29 heavy (non-hydrogen) atoms. The predicted octanol–water partition coefficient (Wildman–Crippen LogP) is 5.51. The Bertz CT molecular complexity index is 989. The van der Waals surface area contributed by atoms with E-state index < -0.39 is 5.60 Å². The van der Waals surface area contributed by atoms with Gasteiger partial charge in [-0.1, -0.05) is 40.2 Å². The van der Waals surface area contributed by atoms with E-state index in [-0.39, 0.29) is 12.1 Å². The van der Waals surface area contributed by atoms with E-state index in [0.717, 1.165) is 22.9 Å². The van der Waals surface area contributed by atoms with E-state index in [0.29, 0.717) is 6.61 Å². The van der Waals surface area contributed by atoms with Crippen molar-refractivity contribution in [2.24, 2.45) is 0 Å². The van der Waals surface area contributed by atoms with Crippen LogP contribution in [0, 0.1) is 0 Å². The number of ether oxygens (including phenoxy) is 1. The molecule has 1 aliphatic carbocycles. The lowest BCUT2D eigenvalue weighted by molar-refractivity contribution is 0.0785. The number of nitrogens with one attached hydrogen (secondary N) is 2. The molecule has 0 aliphatic heterocycles. The molecule has 2 unspecified atom stereocenters. The first-order valence-electron chi connectivity index (χ1n) is 10.2.